The molecular weight excluding hydrogens is 294 g/mol. The minimum Gasteiger partial charge on any atom is -0.493 e. The van der Waals surface area contributed by atoms with Crippen LogP contribution in [-0.2, 0) is 5.54 Å². The van der Waals surface area contributed by atoms with Crippen LogP contribution in [-0.4, -0.2) is 13.7 Å². The molecule has 1 aromatic carbocycles. The van der Waals surface area contributed by atoms with Gasteiger partial charge in [0.05, 0.1) is 13.4 Å². The topological polar surface area (TPSA) is 34.4 Å². The quantitative estimate of drug-likeness (QED) is 0.916. The van der Waals surface area contributed by atoms with Crippen LogP contribution in [0.4, 0.5) is 0 Å². The van der Waals surface area contributed by atoms with Gasteiger partial charge in [0.15, 0.2) is 11.3 Å². The van der Waals surface area contributed by atoms with Gasteiger partial charge in [-0.1, -0.05) is 0 Å². The van der Waals surface area contributed by atoms with Gasteiger partial charge in [-0.15, -0.1) is 0 Å². The van der Waals surface area contributed by atoms with Crippen LogP contribution < -0.4 is 10.1 Å². The van der Waals surface area contributed by atoms with Crippen molar-refractivity contribution in [2.24, 2.45) is 0 Å². The van der Waals surface area contributed by atoms with Crippen LogP contribution >= 0.6 is 15.9 Å². The zero-order valence-electron chi connectivity index (χ0n) is 10.5. The molecule has 2 heterocycles. The third kappa shape index (κ3) is 1.67. The van der Waals surface area contributed by atoms with E-state index in [9.17, 15) is 0 Å². The van der Waals surface area contributed by atoms with Gasteiger partial charge >= 0.3 is 0 Å². The monoisotopic (exact) mass is 309 g/mol. The summed E-state index contributed by atoms with van der Waals surface area (Å²) in [5.41, 5.74) is 2.05. The van der Waals surface area contributed by atoms with Crippen LogP contribution in [0.15, 0.2) is 27.3 Å². The summed E-state index contributed by atoms with van der Waals surface area (Å²) in [6, 6.07) is 4.05. The van der Waals surface area contributed by atoms with Gasteiger partial charge in [0, 0.05) is 15.4 Å². The van der Waals surface area contributed by atoms with E-state index < -0.39 is 0 Å². The first-order valence-corrected chi connectivity index (χ1v) is 6.94. The lowest BCUT2D eigenvalue weighted by Gasteiger charge is -2.27. The second kappa shape index (κ2) is 4.28. The summed E-state index contributed by atoms with van der Waals surface area (Å²) in [4.78, 5) is 0. The highest BCUT2D eigenvalue weighted by Crippen LogP contribution is 2.42. The summed E-state index contributed by atoms with van der Waals surface area (Å²) in [6.07, 6.45) is 4.04. The molecule has 1 aliphatic rings. The SMILES string of the molecule is COc1cc(C2(C)CCCN2)c(Br)c2ccoc12. The second-order valence-corrected chi connectivity index (χ2v) is 5.76. The summed E-state index contributed by atoms with van der Waals surface area (Å²) in [5.74, 6) is 0.795. The smallest absolute Gasteiger partial charge is 0.176 e. The van der Waals surface area contributed by atoms with Crippen LogP contribution in [0.3, 0.4) is 0 Å². The molecule has 1 unspecified atom stereocenters. The second-order valence-electron chi connectivity index (χ2n) is 4.97. The molecule has 0 spiro atoms. The van der Waals surface area contributed by atoms with Crippen LogP contribution in [0.2, 0.25) is 0 Å². The summed E-state index contributed by atoms with van der Waals surface area (Å²) in [6.45, 7) is 3.31. The van der Waals surface area contributed by atoms with Gasteiger partial charge in [-0.2, -0.15) is 0 Å². The van der Waals surface area contributed by atoms with Gasteiger partial charge < -0.3 is 14.5 Å². The number of nitrogens with one attached hydrogen (secondary N) is 1. The normalized spacial score (nSPS) is 23.7. The summed E-state index contributed by atoms with van der Waals surface area (Å²) < 4.78 is 12.0. The largest absolute Gasteiger partial charge is 0.493 e. The summed E-state index contributed by atoms with van der Waals surface area (Å²) in [5, 5.41) is 4.65. The van der Waals surface area contributed by atoms with Crippen molar-refractivity contribution in [3.63, 3.8) is 0 Å². The first kappa shape index (κ1) is 12.1. The minimum absolute atomic E-state index is 0.0115. The predicted octanol–water partition coefficient (Wildman–Crippen LogP) is 3.80. The molecule has 0 saturated carbocycles. The van der Waals surface area contributed by atoms with Gasteiger partial charge in [-0.05, 0) is 59.9 Å². The van der Waals surface area contributed by atoms with E-state index in [1.807, 2.05) is 6.07 Å². The first-order chi connectivity index (χ1) is 8.65. The fraction of sp³-hybridized carbons (Fsp3) is 0.429. The van der Waals surface area contributed by atoms with Crippen LogP contribution in [0.1, 0.15) is 25.3 Å². The molecule has 1 fully saturated rings. The van der Waals surface area contributed by atoms with E-state index in [0.29, 0.717) is 0 Å². The molecule has 18 heavy (non-hydrogen) atoms. The lowest BCUT2D eigenvalue weighted by molar-refractivity contribution is 0.400. The number of hydrogen-bond acceptors (Lipinski definition) is 3. The van der Waals surface area contributed by atoms with Gasteiger partial charge in [0.25, 0.3) is 0 Å². The highest BCUT2D eigenvalue weighted by molar-refractivity contribution is 9.10. The fourth-order valence-electron chi connectivity index (χ4n) is 2.76. The Morgan fingerprint density at radius 2 is 2.33 bits per heavy atom. The predicted molar refractivity (Wildman–Crippen MR) is 75.1 cm³/mol. The Morgan fingerprint density at radius 1 is 1.50 bits per heavy atom. The van der Waals surface area contributed by atoms with Crippen molar-refractivity contribution in [2.45, 2.75) is 25.3 Å². The van der Waals surface area contributed by atoms with Gasteiger partial charge in [0.2, 0.25) is 0 Å². The molecular formula is C14H16BrNO2. The minimum atomic E-state index is 0.0115. The van der Waals surface area contributed by atoms with Gasteiger partial charge in [0.1, 0.15) is 0 Å². The van der Waals surface area contributed by atoms with E-state index >= 15 is 0 Å². The maximum absolute atomic E-state index is 5.50. The third-order valence-corrected chi connectivity index (χ3v) is 4.67. The first-order valence-electron chi connectivity index (χ1n) is 6.15. The average Bonchev–Trinajstić information content (AvgIpc) is 2.99. The molecule has 1 N–H and O–H groups in total. The molecule has 3 nitrogen and oxygen atoms in total. The van der Waals surface area contributed by atoms with Crippen molar-refractivity contribution in [2.75, 3.05) is 13.7 Å². The highest BCUT2D eigenvalue weighted by Gasteiger charge is 2.33. The van der Waals surface area contributed by atoms with Crippen LogP contribution in [0.25, 0.3) is 11.0 Å². The van der Waals surface area contributed by atoms with E-state index in [1.165, 1.54) is 12.0 Å². The lowest BCUT2D eigenvalue weighted by atomic mass is 9.89. The maximum Gasteiger partial charge on any atom is 0.176 e. The van der Waals surface area contributed by atoms with Crippen molar-refractivity contribution in [1.82, 2.24) is 5.32 Å². The van der Waals surface area contributed by atoms with Crippen LogP contribution in [0, 0.1) is 0 Å². The molecule has 0 radical (unpaired) electrons. The Morgan fingerprint density at radius 3 is 3.00 bits per heavy atom. The molecule has 1 aliphatic heterocycles. The Kier molecular flexibility index (Phi) is 2.87. The fourth-order valence-corrected chi connectivity index (χ4v) is 3.62. The molecule has 3 rings (SSSR count). The molecule has 96 valence electrons. The van der Waals surface area contributed by atoms with Gasteiger partial charge in [-0.25, -0.2) is 0 Å². The van der Waals surface area contributed by atoms with Crippen molar-refractivity contribution in [3.05, 3.63) is 28.4 Å². The zero-order chi connectivity index (χ0) is 12.8. The molecule has 1 aromatic heterocycles. The summed E-state index contributed by atoms with van der Waals surface area (Å²) in [7, 11) is 1.68. The van der Waals surface area contributed by atoms with E-state index in [1.54, 1.807) is 13.4 Å². The number of furan rings is 1. The third-order valence-electron chi connectivity index (χ3n) is 3.82. The van der Waals surface area contributed by atoms with E-state index in [4.69, 9.17) is 9.15 Å². The number of benzene rings is 1. The molecule has 4 heteroatoms. The Labute approximate surface area is 115 Å². The highest BCUT2D eigenvalue weighted by atomic mass is 79.9. The zero-order valence-corrected chi connectivity index (χ0v) is 12.1. The van der Waals surface area contributed by atoms with Crippen molar-refractivity contribution < 1.29 is 9.15 Å². The van der Waals surface area contributed by atoms with Crippen molar-refractivity contribution in [1.29, 1.82) is 0 Å². The van der Waals surface area contributed by atoms with Crippen molar-refractivity contribution in [3.8, 4) is 5.75 Å². The molecule has 0 bridgehead atoms. The standard InChI is InChI=1S/C14H16BrNO2/c1-14(5-3-6-16-14)10-8-11(17-2)13-9(12(10)15)4-7-18-13/h4,7-8,16H,3,5-6H2,1-2H3. The van der Waals surface area contributed by atoms with E-state index in [-0.39, 0.29) is 5.54 Å². The molecule has 1 atom stereocenters. The molecule has 2 aromatic rings. The lowest BCUT2D eigenvalue weighted by Crippen LogP contribution is -2.33. The number of fused-ring (bicyclic) bond motifs is 1. The number of hydrogen-bond donors (Lipinski definition) is 1. The molecule has 0 aliphatic carbocycles. The number of methoxy groups -OCH3 is 1. The van der Waals surface area contributed by atoms with Crippen molar-refractivity contribution >= 4 is 26.9 Å². The Hall–Kier alpha value is -1.00. The Bertz CT molecular complexity index is 585. The molecule has 1 saturated heterocycles. The van der Waals surface area contributed by atoms with E-state index in [0.717, 1.165) is 34.2 Å². The summed E-state index contributed by atoms with van der Waals surface area (Å²) >= 11 is 3.71. The average molecular weight is 310 g/mol. The Balaban J connectivity index is 2.25. The number of rotatable bonds is 2. The number of ether oxygens (including phenoxy) is 1. The number of halogens is 1. The maximum atomic E-state index is 5.50. The van der Waals surface area contributed by atoms with Gasteiger partial charge in [-0.3, -0.25) is 0 Å². The van der Waals surface area contributed by atoms with E-state index in [2.05, 4.69) is 34.2 Å². The molecule has 0 amide bonds. The van der Waals surface area contributed by atoms with Crippen LogP contribution in [0.5, 0.6) is 5.75 Å².